The van der Waals surface area contributed by atoms with Gasteiger partial charge >= 0.3 is 0 Å². The van der Waals surface area contributed by atoms with E-state index in [0.717, 1.165) is 24.1 Å². The highest BCUT2D eigenvalue weighted by atomic mass is 16.5. The Morgan fingerprint density at radius 2 is 2.00 bits per heavy atom. The van der Waals surface area contributed by atoms with Crippen LogP contribution in [-0.4, -0.2) is 43.3 Å². The number of aromatic nitrogens is 1. The zero-order valence-electron chi connectivity index (χ0n) is 14.7. The first-order chi connectivity index (χ1) is 12.0. The molecule has 0 spiro atoms. The van der Waals surface area contributed by atoms with Gasteiger partial charge in [0.25, 0.3) is 5.91 Å². The van der Waals surface area contributed by atoms with E-state index in [1.807, 2.05) is 11.8 Å². The third kappa shape index (κ3) is 3.26. The van der Waals surface area contributed by atoms with Gasteiger partial charge in [-0.15, -0.1) is 0 Å². The van der Waals surface area contributed by atoms with Crippen LogP contribution in [0.4, 0.5) is 5.88 Å². The number of hydrogen-bond donors (Lipinski definition) is 1. The zero-order valence-corrected chi connectivity index (χ0v) is 14.7. The van der Waals surface area contributed by atoms with E-state index in [2.05, 4.69) is 5.16 Å². The summed E-state index contributed by atoms with van der Waals surface area (Å²) in [5.74, 6) is 1.78. The van der Waals surface area contributed by atoms with E-state index in [-0.39, 0.29) is 11.8 Å². The highest BCUT2D eigenvalue weighted by Crippen LogP contribution is 2.33. The third-order valence-electron chi connectivity index (χ3n) is 4.80. The lowest BCUT2D eigenvalue weighted by Gasteiger charge is -2.31. The second kappa shape index (κ2) is 7.04. The number of hydrogen-bond acceptors (Lipinski definition) is 6. The predicted molar refractivity (Wildman–Crippen MR) is 93.1 cm³/mol. The van der Waals surface area contributed by atoms with Crippen molar-refractivity contribution in [3.63, 3.8) is 0 Å². The van der Waals surface area contributed by atoms with E-state index < -0.39 is 0 Å². The van der Waals surface area contributed by atoms with Crippen molar-refractivity contribution in [3.8, 4) is 11.5 Å². The Bertz CT molecular complexity index is 764. The summed E-state index contributed by atoms with van der Waals surface area (Å²) >= 11 is 0. The van der Waals surface area contributed by atoms with E-state index >= 15 is 0 Å². The van der Waals surface area contributed by atoms with Crippen molar-refractivity contribution in [2.24, 2.45) is 0 Å². The number of likely N-dealkylation sites (tertiary alicyclic amines) is 1. The molecule has 0 atom stereocenters. The number of benzene rings is 1. The molecular weight excluding hydrogens is 322 g/mol. The minimum absolute atomic E-state index is 0.0330. The molecule has 1 aromatic heterocycles. The van der Waals surface area contributed by atoms with Gasteiger partial charge in [-0.05, 0) is 31.9 Å². The average molecular weight is 345 g/mol. The van der Waals surface area contributed by atoms with Crippen LogP contribution in [0.1, 0.15) is 40.4 Å². The number of carbonyl (C=O) groups is 1. The molecule has 3 rings (SSSR count). The highest BCUT2D eigenvalue weighted by Gasteiger charge is 2.29. The Kier molecular flexibility index (Phi) is 4.83. The van der Waals surface area contributed by atoms with Crippen LogP contribution >= 0.6 is 0 Å². The second-order valence-corrected chi connectivity index (χ2v) is 6.19. The fourth-order valence-electron chi connectivity index (χ4n) is 3.24. The molecule has 1 fully saturated rings. The van der Waals surface area contributed by atoms with Crippen molar-refractivity contribution in [3.05, 3.63) is 35.0 Å². The Morgan fingerprint density at radius 3 is 2.56 bits per heavy atom. The Hall–Kier alpha value is -2.70. The Labute approximate surface area is 146 Å². The standard InChI is InChI=1S/C18H23N3O4/c1-11-16(20-25-17(11)19)12-6-8-21(9-7-12)18(22)14-5-4-13(23-2)10-15(14)24-3/h4-5,10,12H,6-9,19H2,1-3H3. The number of ether oxygens (including phenoxy) is 2. The van der Waals surface area contributed by atoms with Crippen molar-refractivity contribution in [1.82, 2.24) is 10.1 Å². The lowest BCUT2D eigenvalue weighted by atomic mass is 9.91. The quantitative estimate of drug-likeness (QED) is 0.916. The molecule has 2 N–H and O–H groups in total. The summed E-state index contributed by atoms with van der Waals surface area (Å²) in [4.78, 5) is 14.7. The summed E-state index contributed by atoms with van der Waals surface area (Å²) in [7, 11) is 3.13. The summed E-state index contributed by atoms with van der Waals surface area (Å²) in [6.45, 7) is 3.23. The first-order valence-electron chi connectivity index (χ1n) is 8.28. The molecule has 2 aromatic rings. The molecule has 25 heavy (non-hydrogen) atoms. The lowest BCUT2D eigenvalue weighted by molar-refractivity contribution is 0.0708. The monoisotopic (exact) mass is 345 g/mol. The molecule has 1 amide bonds. The molecule has 2 heterocycles. The molecule has 1 aliphatic rings. The van der Waals surface area contributed by atoms with Crippen LogP contribution in [0.15, 0.2) is 22.7 Å². The summed E-state index contributed by atoms with van der Waals surface area (Å²) in [6.07, 6.45) is 1.66. The second-order valence-electron chi connectivity index (χ2n) is 6.19. The van der Waals surface area contributed by atoms with Crippen LogP contribution in [0.2, 0.25) is 0 Å². The van der Waals surface area contributed by atoms with Gasteiger partial charge in [0, 0.05) is 30.6 Å². The molecule has 0 saturated carbocycles. The van der Waals surface area contributed by atoms with Crippen LogP contribution in [0.5, 0.6) is 11.5 Å². The zero-order chi connectivity index (χ0) is 18.0. The molecule has 1 aromatic carbocycles. The van der Waals surface area contributed by atoms with Gasteiger partial charge in [-0.1, -0.05) is 5.16 Å². The highest BCUT2D eigenvalue weighted by molar-refractivity contribution is 5.97. The molecule has 0 bridgehead atoms. The van der Waals surface area contributed by atoms with Gasteiger partial charge in [-0.25, -0.2) is 0 Å². The van der Waals surface area contributed by atoms with Gasteiger partial charge in [0.1, 0.15) is 11.5 Å². The predicted octanol–water partition coefficient (Wildman–Crippen LogP) is 2.60. The normalized spacial score (nSPS) is 15.2. The summed E-state index contributed by atoms with van der Waals surface area (Å²) in [5, 5.41) is 4.08. The molecule has 0 aliphatic carbocycles. The molecule has 0 unspecified atom stereocenters. The molecule has 1 saturated heterocycles. The number of rotatable bonds is 4. The smallest absolute Gasteiger partial charge is 0.257 e. The van der Waals surface area contributed by atoms with E-state index in [0.29, 0.717) is 36.0 Å². The maximum atomic E-state index is 12.8. The van der Waals surface area contributed by atoms with E-state index in [1.165, 1.54) is 0 Å². The molecule has 7 heteroatoms. The van der Waals surface area contributed by atoms with Crippen molar-refractivity contribution in [2.45, 2.75) is 25.7 Å². The fraction of sp³-hybridized carbons (Fsp3) is 0.444. The largest absolute Gasteiger partial charge is 0.497 e. The van der Waals surface area contributed by atoms with E-state index in [4.69, 9.17) is 19.7 Å². The molecular formula is C18H23N3O4. The maximum Gasteiger partial charge on any atom is 0.257 e. The molecule has 0 radical (unpaired) electrons. The van der Waals surface area contributed by atoms with Crippen LogP contribution in [0, 0.1) is 6.92 Å². The van der Waals surface area contributed by atoms with E-state index in [9.17, 15) is 4.79 Å². The minimum Gasteiger partial charge on any atom is -0.497 e. The maximum absolute atomic E-state index is 12.8. The van der Waals surface area contributed by atoms with Gasteiger partial charge in [0.2, 0.25) is 5.88 Å². The van der Waals surface area contributed by atoms with E-state index in [1.54, 1.807) is 32.4 Å². The number of amides is 1. The summed E-state index contributed by atoms with van der Waals surface area (Å²) in [6, 6.07) is 5.24. The Balaban J connectivity index is 1.70. The van der Waals surface area contributed by atoms with Gasteiger partial charge in [0.15, 0.2) is 0 Å². The van der Waals surface area contributed by atoms with Gasteiger partial charge in [-0.2, -0.15) is 0 Å². The summed E-state index contributed by atoms with van der Waals surface area (Å²) < 4.78 is 15.6. The number of nitrogens with two attached hydrogens (primary N) is 1. The van der Waals surface area contributed by atoms with Crippen LogP contribution in [0.25, 0.3) is 0 Å². The average Bonchev–Trinajstić information content (AvgIpc) is 2.99. The third-order valence-corrected chi connectivity index (χ3v) is 4.80. The number of nitrogens with zero attached hydrogens (tertiary/aromatic N) is 2. The Morgan fingerprint density at radius 1 is 1.28 bits per heavy atom. The molecule has 1 aliphatic heterocycles. The van der Waals surface area contributed by atoms with Crippen LogP contribution < -0.4 is 15.2 Å². The SMILES string of the molecule is COc1ccc(C(=O)N2CCC(c3noc(N)c3C)CC2)c(OC)c1. The minimum atomic E-state index is -0.0330. The number of nitrogen functional groups attached to an aromatic ring is 1. The number of anilines is 1. The molecule has 7 nitrogen and oxygen atoms in total. The first kappa shape index (κ1) is 17.1. The van der Waals surface area contributed by atoms with Gasteiger partial charge in [0.05, 0.1) is 25.5 Å². The van der Waals surface area contributed by atoms with Crippen molar-refractivity contribution >= 4 is 11.8 Å². The topological polar surface area (TPSA) is 90.8 Å². The van der Waals surface area contributed by atoms with Crippen molar-refractivity contribution in [2.75, 3.05) is 33.0 Å². The fourth-order valence-corrected chi connectivity index (χ4v) is 3.24. The number of piperidine rings is 1. The number of carbonyl (C=O) groups excluding carboxylic acids is 1. The van der Waals surface area contributed by atoms with Gasteiger partial charge in [-0.3, -0.25) is 4.79 Å². The molecule has 134 valence electrons. The lowest BCUT2D eigenvalue weighted by Crippen LogP contribution is -2.38. The van der Waals surface area contributed by atoms with Gasteiger partial charge < -0.3 is 24.6 Å². The van der Waals surface area contributed by atoms with Crippen LogP contribution in [0.3, 0.4) is 0 Å². The summed E-state index contributed by atoms with van der Waals surface area (Å²) in [5.41, 5.74) is 8.09. The van der Waals surface area contributed by atoms with Crippen LogP contribution in [-0.2, 0) is 0 Å². The first-order valence-corrected chi connectivity index (χ1v) is 8.28. The van der Waals surface area contributed by atoms with Crippen molar-refractivity contribution in [1.29, 1.82) is 0 Å². The van der Waals surface area contributed by atoms with Crippen molar-refractivity contribution < 1.29 is 18.8 Å². The number of methoxy groups -OCH3 is 2.